The second-order valence-electron chi connectivity index (χ2n) is 10.2. The lowest BCUT2D eigenvalue weighted by Crippen LogP contribution is -2.36. The molecule has 13 heteroatoms. The second-order valence-corrected chi connectivity index (χ2v) is 10.2. The van der Waals surface area contributed by atoms with Crippen LogP contribution in [0.2, 0.25) is 0 Å². The number of hydrogen-bond donors (Lipinski definition) is 3. The molecule has 0 saturated heterocycles. The molecule has 0 atom stereocenters. The van der Waals surface area contributed by atoms with E-state index < -0.39 is 0 Å². The van der Waals surface area contributed by atoms with E-state index in [0.717, 1.165) is 23.1 Å². The molecular formula is C29H31N9O4. The number of nitrogens with one attached hydrogen (secondary N) is 1. The molecule has 2 aromatic carbocycles. The maximum absolute atomic E-state index is 12.7. The first-order valence-corrected chi connectivity index (χ1v) is 13.7. The molecule has 42 heavy (non-hydrogen) atoms. The van der Waals surface area contributed by atoms with Crippen LogP contribution in [0.25, 0.3) is 33.4 Å². The Balaban J connectivity index is 1.16. The Kier molecular flexibility index (Phi) is 7.40. The summed E-state index contributed by atoms with van der Waals surface area (Å²) in [4.78, 5) is 38.4. The van der Waals surface area contributed by atoms with E-state index >= 15 is 0 Å². The highest BCUT2D eigenvalue weighted by molar-refractivity contribution is 5.99. The van der Waals surface area contributed by atoms with E-state index in [1.165, 1.54) is 18.8 Å². The van der Waals surface area contributed by atoms with Crippen LogP contribution >= 0.6 is 0 Å². The van der Waals surface area contributed by atoms with Crippen molar-refractivity contribution in [1.82, 2.24) is 34.9 Å². The number of nitrogens with zero attached hydrogens (tertiary/aromatic N) is 6. The molecule has 0 fully saturated rings. The van der Waals surface area contributed by atoms with Gasteiger partial charge in [0.15, 0.2) is 11.2 Å². The van der Waals surface area contributed by atoms with E-state index in [-0.39, 0.29) is 17.8 Å². The van der Waals surface area contributed by atoms with Gasteiger partial charge in [-0.15, -0.1) is 0 Å². The minimum absolute atomic E-state index is 0.0589. The fourth-order valence-electron chi connectivity index (χ4n) is 5.24. The zero-order valence-corrected chi connectivity index (χ0v) is 23.2. The molecule has 1 aliphatic rings. The molecule has 5 N–H and O–H groups in total. The molecule has 1 aliphatic heterocycles. The average molecular weight is 570 g/mol. The van der Waals surface area contributed by atoms with Crippen molar-refractivity contribution < 1.29 is 18.7 Å². The summed E-state index contributed by atoms with van der Waals surface area (Å²) in [5.41, 5.74) is 18.7. The van der Waals surface area contributed by atoms with Crippen LogP contribution < -0.4 is 16.8 Å². The van der Waals surface area contributed by atoms with Gasteiger partial charge in [-0.3, -0.25) is 9.59 Å². The summed E-state index contributed by atoms with van der Waals surface area (Å²) in [6, 6.07) is 12.0. The van der Waals surface area contributed by atoms with Gasteiger partial charge in [0, 0.05) is 32.1 Å². The minimum Gasteiger partial charge on any atom is -0.424 e. The van der Waals surface area contributed by atoms with Gasteiger partial charge < -0.3 is 30.8 Å². The van der Waals surface area contributed by atoms with Crippen molar-refractivity contribution in [3.05, 3.63) is 59.4 Å². The molecule has 5 aromatic rings. The molecule has 6 rings (SSSR count). The Morgan fingerprint density at radius 1 is 1.10 bits per heavy atom. The number of oxazole rings is 1. The van der Waals surface area contributed by atoms with Crippen molar-refractivity contribution in [1.29, 1.82) is 0 Å². The van der Waals surface area contributed by atoms with Gasteiger partial charge in [0.25, 0.3) is 6.01 Å². The van der Waals surface area contributed by atoms with Gasteiger partial charge in [0.1, 0.15) is 23.4 Å². The van der Waals surface area contributed by atoms with Crippen molar-refractivity contribution in [2.75, 3.05) is 37.8 Å². The van der Waals surface area contributed by atoms with Gasteiger partial charge in [-0.2, -0.15) is 10.1 Å². The van der Waals surface area contributed by atoms with Crippen LogP contribution in [0, 0.1) is 0 Å². The van der Waals surface area contributed by atoms with Crippen LogP contribution in [0.15, 0.2) is 47.1 Å². The van der Waals surface area contributed by atoms with Crippen LogP contribution in [-0.2, 0) is 33.8 Å². The zero-order valence-electron chi connectivity index (χ0n) is 23.2. The summed E-state index contributed by atoms with van der Waals surface area (Å²) in [7, 11) is 0. The van der Waals surface area contributed by atoms with E-state index in [9.17, 15) is 9.59 Å². The van der Waals surface area contributed by atoms with Crippen molar-refractivity contribution >= 4 is 45.8 Å². The number of fused-ring (bicyclic) bond motifs is 3. The number of carbonyl (C=O) groups excluding carboxylic acids is 2. The molecular weight excluding hydrogens is 538 g/mol. The molecule has 0 spiro atoms. The molecule has 4 heterocycles. The van der Waals surface area contributed by atoms with Crippen molar-refractivity contribution in [2.24, 2.45) is 0 Å². The number of aromatic nitrogens is 5. The highest BCUT2D eigenvalue weighted by atomic mass is 16.5. The fourth-order valence-corrected chi connectivity index (χ4v) is 5.24. The summed E-state index contributed by atoms with van der Waals surface area (Å²) in [5, 5.41) is 8.23. The van der Waals surface area contributed by atoms with E-state index in [1.54, 1.807) is 6.07 Å². The monoisotopic (exact) mass is 569 g/mol. The van der Waals surface area contributed by atoms with E-state index in [4.69, 9.17) is 25.7 Å². The molecule has 0 radical (unpaired) electrons. The lowest BCUT2D eigenvalue weighted by atomic mass is 9.97. The van der Waals surface area contributed by atoms with Crippen LogP contribution in [-0.4, -0.2) is 67.7 Å². The summed E-state index contributed by atoms with van der Waals surface area (Å²) < 4.78 is 12.7. The van der Waals surface area contributed by atoms with Crippen LogP contribution in [0.1, 0.15) is 30.0 Å². The summed E-state index contributed by atoms with van der Waals surface area (Å²) in [5.74, 6) is 0.303. The van der Waals surface area contributed by atoms with E-state index in [1.807, 2.05) is 21.7 Å². The van der Waals surface area contributed by atoms with Crippen LogP contribution in [0.3, 0.4) is 0 Å². The Bertz CT molecular complexity index is 1800. The van der Waals surface area contributed by atoms with E-state index in [0.29, 0.717) is 79.5 Å². The number of nitrogen functional groups attached to an aromatic ring is 2. The third-order valence-electron chi connectivity index (χ3n) is 7.28. The number of amides is 2. The number of nitrogens with two attached hydrogens (primary N) is 2. The smallest absolute Gasteiger partial charge is 0.292 e. The molecule has 216 valence electrons. The van der Waals surface area contributed by atoms with Gasteiger partial charge in [0.2, 0.25) is 11.8 Å². The number of benzene rings is 2. The molecule has 0 saturated carbocycles. The summed E-state index contributed by atoms with van der Waals surface area (Å²) in [6.45, 7) is 4.31. The first kappa shape index (κ1) is 27.1. The first-order valence-electron chi connectivity index (χ1n) is 13.7. The Morgan fingerprint density at radius 3 is 2.83 bits per heavy atom. The molecule has 0 bridgehead atoms. The third-order valence-corrected chi connectivity index (χ3v) is 7.28. The Morgan fingerprint density at radius 2 is 1.98 bits per heavy atom. The minimum atomic E-state index is -0.0983. The highest BCUT2D eigenvalue weighted by Crippen LogP contribution is 2.33. The lowest BCUT2D eigenvalue weighted by Gasteiger charge is -2.29. The lowest BCUT2D eigenvalue weighted by molar-refractivity contribution is -0.133. The van der Waals surface area contributed by atoms with Crippen LogP contribution in [0.5, 0.6) is 0 Å². The quantitative estimate of drug-likeness (QED) is 0.223. The standard InChI is InChI=1S/C29H31N9O4/c1-17(39)32-8-11-41-10-7-24(40)37-9-6-19-12-18(2-3-21(19)15-37)14-38-28-25(27(30)33-16-34-28)26(36-38)20-4-5-23-22(13-20)35-29(31)42-23/h2-5,12-13,16H,6-11,14-15H2,1H3,(H2,31,35)(H,32,39)(H2,30,33,34). The van der Waals surface area contributed by atoms with Crippen molar-refractivity contribution in [3.63, 3.8) is 0 Å². The second kappa shape index (κ2) is 11.4. The number of carbonyl (C=O) groups is 2. The molecule has 13 nitrogen and oxygen atoms in total. The molecule has 2 amide bonds. The first-order chi connectivity index (χ1) is 20.4. The van der Waals surface area contributed by atoms with Crippen molar-refractivity contribution in [3.8, 4) is 11.3 Å². The average Bonchev–Trinajstić information content (AvgIpc) is 3.54. The van der Waals surface area contributed by atoms with E-state index in [2.05, 4.69) is 38.5 Å². The summed E-state index contributed by atoms with van der Waals surface area (Å²) in [6.07, 6.45) is 2.51. The maximum atomic E-state index is 12.7. The molecule has 0 unspecified atom stereocenters. The third kappa shape index (κ3) is 5.59. The molecule has 3 aromatic heterocycles. The zero-order chi connectivity index (χ0) is 29.2. The predicted octanol–water partition coefficient (Wildman–Crippen LogP) is 2.27. The Hall–Kier alpha value is -5.04. The molecule has 0 aliphatic carbocycles. The number of anilines is 2. The maximum Gasteiger partial charge on any atom is 0.292 e. The van der Waals surface area contributed by atoms with Gasteiger partial charge in [-0.05, 0) is 41.3 Å². The Labute approximate surface area is 240 Å². The van der Waals surface area contributed by atoms with Gasteiger partial charge in [-0.1, -0.05) is 18.2 Å². The SMILES string of the molecule is CC(=O)NCCOCCC(=O)N1CCc2cc(Cn3nc(-c4ccc5oc(N)nc5c4)c4c(N)ncnc43)ccc2C1. The van der Waals surface area contributed by atoms with Gasteiger partial charge >= 0.3 is 0 Å². The number of rotatable bonds is 9. The number of ether oxygens (including phenoxy) is 1. The van der Waals surface area contributed by atoms with Gasteiger partial charge in [0.05, 0.1) is 31.6 Å². The van der Waals surface area contributed by atoms with Crippen molar-refractivity contribution in [2.45, 2.75) is 32.9 Å². The fraction of sp³-hybridized carbons (Fsp3) is 0.310. The number of hydrogen-bond acceptors (Lipinski definition) is 10. The highest BCUT2D eigenvalue weighted by Gasteiger charge is 2.22. The largest absolute Gasteiger partial charge is 0.424 e. The summed E-state index contributed by atoms with van der Waals surface area (Å²) >= 11 is 0. The normalized spacial score (nSPS) is 13.0. The van der Waals surface area contributed by atoms with Crippen LogP contribution in [0.4, 0.5) is 11.8 Å². The van der Waals surface area contributed by atoms with Gasteiger partial charge in [-0.25, -0.2) is 14.6 Å². The predicted molar refractivity (Wildman–Crippen MR) is 156 cm³/mol. The topological polar surface area (TPSA) is 180 Å².